The molecule has 0 N–H and O–H groups in total. The van der Waals surface area contributed by atoms with Crippen molar-refractivity contribution in [1.29, 1.82) is 0 Å². The normalized spacial score (nSPS) is 25.3. The van der Waals surface area contributed by atoms with E-state index in [2.05, 4.69) is 19.6 Å². The predicted molar refractivity (Wildman–Crippen MR) is 108 cm³/mol. The van der Waals surface area contributed by atoms with E-state index in [9.17, 15) is 4.79 Å². The van der Waals surface area contributed by atoms with Crippen molar-refractivity contribution in [3.8, 4) is 5.75 Å². The van der Waals surface area contributed by atoms with Gasteiger partial charge in [0.2, 0.25) is 5.91 Å². The number of hydrogen-bond acceptors (Lipinski definition) is 2. The summed E-state index contributed by atoms with van der Waals surface area (Å²) in [6, 6.07) is 8.05. The molecule has 2 aliphatic rings. The van der Waals surface area contributed by atoms with Gasteiger partial charge in [-0.3, -0.25) is 4.79 Å². The van der Waals surface area contributed by atoms with Crippen molar-refractivity contribution in [2.24, 2.45) is 11.8 Å². The van der Waals surface area contributed by atoms with Crippen LogP contribution in [0.15, 0.2) is 36.4 Å². The van der Waals surface area contributed by atoms with Gasteiger partial charge in [0.25, 0.3) is 0 Å². The number of benzene rings is 1. The van der Waals surface area contributed by atoms with Crippen LogP contribution in [0.5, 0.6) is 5.75 Å². The molecular weight excluding hydrogens is 322 g/mol. The molecule has 144 valence electrons. The Morgan fingerprint density at radius 2 is 1.96 bits per heavy atom. The van der Waals surface area contributed by atoms with Gasteiger partial charge in [-0.05, 0) is 50.5 Å². The Hall–Kier alpha value is -1.77. The monoisotopic (exact) mass is 357 g/mol. The molecule has 1 aliphatic carbocycles. The smallest absolute Gasteiger partial charge is 0.223 e. The van der Waals surface area contributed by atoms with E-state index >= 15 is 0 Å². The molecule has 3 heteroatoms. The van der Waals surface area contributed by atoms with Crippen LogP contribution < -0.4 is 4.74 Å². The Morgan fingerprint density at radius 1 is 1.23 bits per heavy atom. The molecule has 26 heavy (non-hydrogen) atoms. The topological polar surface area (TPSA) is 29.5 Å². The molecular formula is C23H35NO2. The Labute approximate surface area is 159 Å². The highest BCUT2D eigenvalue weighted by Crippen LogP contribution is 2.34. The molecule has 1 fully saturated rings. The molecule has 1 saturated carbocycles. The molecule has 3 nitrogen and oxygen atoms in total. The molecule has 0 radical (unpaired) electrons. The minimum atomic E-state index is 0.0343. The van der Waals surface area contributed by atoms with Gasteiger partial charge in [-0.2, -0.15) is 0 Å². The second-order valence-electron chi connectivity index (χ2n) is 7.71. The van der Waals surface area contributed by atoms with Gasteiger partial charge >= 0.3 is 0 Å². The molecule has 3 rings (SSSR count). The maximum atomic E-state index is 12.8. The highest BCUT2D eigenvalue weighted by atomic mass is 16.5. The van der Waals surface area contributed by atoms with Gasteiger partial charge in [0.15, 0.2) is 0 Å². The Bertz CT molecular complexity index is 610. The lowest BCUT2D eigenvalue weighted by atomic mass is 9.78. The summed E-state index contributed by atoms with van der Waals surface area (Å²) in [4.78, 5) is 14.7. The number of allylic oxidation sites excluding steroid dienone is 1. The van der Waals surface area contributed by atoms with Gasteiger partial charge in [-0.25, -0.2) is 0 Å². The van der Waals surface area contributed by atoms with E-state index in [1.807, 2.05) is 43.9 Å². The lowest BCUT2D eigenvalue weighted by Gasteiger charge is -2.29. The lowest BCUT2D eigenvalue weighted by molar-refractivity contribution is -0.132. The minimum Gasteiger partial charge on any atom is -0.489 e. The summed E-state index contributed by atoms with van der Waals surface area (Å²) in [5, 5.41) is 0. The number of carbonyl (C=O) groups excluding carboxylic acids is 1. The first-order valence-electron chi connectivity index (χ1n) is 10.2. The number of rotatable bonds is 3. The summed E-state index contributed by atoms with van der Waals surface area (Å²) < 4.78 is 5.95. The first-order chi connectivity index (χ1) is 12.5. The van der Waals surface area contributed by atoms with Crippen LogP contribution in [0.2, 0.25) is 0 Å². The minimum absolute atomic E-state index is 0.0343. The number of fused-ring (bicyclic) bond motifs is 1. The zero-order valence-electron chi connectivity index (χ0n) is 17.0. The van der Waals surface area contributed by atoms with Crippen LogP contribution in [-0.4, -0.2) is 23.5 Å². The number of carbonyl (C=O) groups is 1. The van der Waals surface area contributed by atoms with Crippen molar-refractivity contribution in [3.63, 3.8) is 0 Å². The first-order valence-corrected chi connectivity index (χ1v) is 10.2. The van der Waals surface area contributed by atoms with Gasteiger partial charge in [-0.15, -0.1) is 0 Å². The molecule has 0 spiro atoms. The number of ether oxygens (including phenoxy) is 1. The molecule has 1 heterocycles. The summed E-state index contributed by atoms with van der Waals surface area (Å²) in [6.45, 7) is 13.8. The summed E-state index contributed by atoms with van der Waals surface area (Å²) in [7, 11) is 0. The molecule has 0 aromatic heterocycles. The fraction of sp³-hybridized carbons (Fsp3) is 0.609. The van der Waals surface area contributed by atoms with Crippen LogP contribution in [0.3, 0.4) is 0 Å². The van der Waals surface area contributed by atoms with Crippen molar-refractivity contribution >= 4 is 5.91 Å². The van der Waals surface area contributed by atoms with Gasteiger partial charge < -0.3 is 9.64 Å². The van der Waals surface area contributed by atoms with Crippen molar-refractivity contribution in [2.45, 2.75) is 72.4 Å². The molecule has 1 aromatic carbocycles. The van der Waals surface area contributed by atoms with E-state index in [0.717, 1.165) is 30.6 Å². The molecule has 2 unspecified atom stereocenters. The zero-order valence-corrected chi connectivity index (χ0v) is 17.0. The predicted octanol–water partition coefficient (Wildman–Crippen LogP) is 5.59. The quantitative estimate of drug-likeness (QED) is 0.659. The molecule has 1 aliphatic heterocycles. The molecule has 1 amide bonds. The van der Waals surface area contributed by atoms with Crippen molar-refractivity contribution in [1.82, 2.24) is 4.90 Å². The standard InChI is InChI=1S/C21H29NO2.C2H6/c1-15-10-16(2)12-18(11-15)8-9-21(23)22-13-17(3)24-20-7-5-4-6-19(20)14-22;1-2/h4-7,16-18H,1,8-14H2,2-3H3;1-2H3/t16?,17-,18?;/m0./s1. The summed E-state index contributed by atoms with van der Waals surface area (Å²) in [5.74, 6) is 2.51. The third kappa shape index (κ3) is 5.62. The Balaban J connectivity index is 0.00000117. The van der Waals surface area contributed by atoms with E-state index in [1.165, 1.54) is 12.0 Å². The second kappa shape index (κ2) is 9.80. The highest BCUT2D eigenvalue weighted by Gasteiger charge is 2.26. The van der Waals surface area contributed by atoms with E-state index in [4.69, 9.17) is 4.74 Å². The maximum Gasteiger partial charge on any atom is 0.223 e. The fourth-order valence-corrected chi connectivity index (χ4v) is 4.20. The number of hydrogen-bond donors (Lipinski definition) is 0. The highest BCUT2D eigenvalue weighted by molar-refractivity contribution is 5.76. The third-order valence-corrected chi connectivity index (χ3v) is 5.21. The van der Waals surface area contributed by atoms with E-state index < -0.39 is 0 Å². The lowest BCUT2D eigenvalue weighted by Crippen LogP contribution is -2.36. The maximum absolute atomic E-state index is 12.8. The van der Waals surface area contributed by atoms with Crippen LogP contribution >= 0.6 is 0 Å². The Kier molecular flexibility index (Phi) is 7.74. The van der Waals surface area contributed by atoms with Crippen molar-refractivity contribution in [3.05, 3.63) is 42.0 Å². The number of nitrogens with zero attached hydrogens (tertiary/aromatic N) is 1. The van der Waals surface area contributed by atoms with Crippen LogP contribution in [0.25, 0.3) is 0 Å². The zero-order chi connectivity index (χ0) is 19.1. The average molecular weight is 358 g/mol. The van der Waals surface area contributed by atoms with Crippen molar-refractivity contribution < 1.29 is 9.53 Å². The summed E-state index contributed by atoms with van der Waals surface area (Å²) in [6.07, 6.45) is 5.14. The largest absolute Gasteiger partial charge is 0.489 e. The van der Waals surface area contributed by atoms with Crippen LogP contribution in [0.4, 0.5) is 0 Å². The van der Waals surface area contributed by atoms with E-state index in [1.54, 1.807) is 0 Å². The van der Waals surface area contributed by atoms with Gasteiger partial charge in [0, 0.05) is 18.5 Å². The van der Waals surface area contributed by atoms with Gasteiger partial charge in [-0.1, -0.05) is 51.1 Å². The van der Waals surface area contributed by atoms with E-state index in [0.29, 0.717) is 31.3 Å². The SMILES string of the molecule is C=C1CC(C)CC(CCC(=O)N2Cc3ccccc3O[C@@H](C)C2)C1.CC. The van der Waals surface area contributed by atoms with E-state index in [-0.39, 0.29) is 12.0 Å². The molecule has 3 atom stereocenters. The van der Waals surface area contributed by atoms with Gasteiger partial charge in [0.1, 0.15) is 11.9 Å². The Morgan fingerprint density at radius 3 is 2.69 bits per heavy atom. The molecule has 0 saturated heterocycles. The van der Waals surface area contributed by atoms with Crippen LogP contribution in [0, 0.1) is 11.8 Å². The number of amides is 1. The molecule has 0 bridgehead atoms. The first kappa shape index (κ1) is 20.5. The van der Waals surface area contributed by atoms with Crippen LogP contribution in [-0.2, 0) is 11.3 Å². The fourth-order valence-electron chi connectivity index (χ4n) is 4.20. The molecule has 1 aromatic rings. The number of para-hydroxylation sites is 1. The summed E-state index contributed by atoms with van der Waals surface area (Å²) >= 11 is 0. The average Bonchev–Trinajstić information content (AvgIpc) is 2.78. The second-order valence-corrected chi connectivity index (χ2v) is 7.71. The van der Waals surface area contributed by atoms with Gasteiger partial charge in [0.05, 0.1) is 6.54 Å². The van der Waals surface area contributed by atoms with Crippen molar-refractivity contribution in [2.75, 3.05) is 6.54 Å². The van der Waals surface area contributed by atoms with Crippen LogP contribution in [0.1, 0.15) is 65.4 Å². The third-order valence-electron chi connectivity index (χ3n) is 5.21. The summed E-state index contributed by atoms with van der Waals surface area (Å²) in [5.41, 5.74) is 2.46.